The lowest BCUT2D eigenvalue weighted by atomic mass is 9.75. The molecule has 4 nitrogen and oxygen atoms in total. The summed E-state index contributed by atoms with van der Waals surface area (Å²) in [5, 5.41) is 1.55. The molecule has 1 saturated carbocycles. The molecule has 148 valence electrons. The number of nitrogens with one attached hydrogen (secondary N) is 2. The lowest BCUT2D eigenvalue weighted by Gasteiger charge is -2.31. The Bertz CT molecular complexity index is 1020. The molecule has 2 N–H and O–H groups in total. The van der Waals surface area contributed by atoms with Crippen molar-refractivity contribution in [1.82, 2.24) is 4.98 Å². The highest BCUT2D eigenvalue weighted by atomic mass is 35.5. The van der Waals surface area contributed by atoms with Gasteiger partial charge < -0.3 is 10.3 Å². The van der Waals surface area contributed by atoms with Gasteiger partial charge in [0.05, 0.1) is 16.3 Å². The Hall–Kier alpha value is -2.35. The Morgan fingerprint density at radius 2 is 1.96 bits per heavy atom. The van der Waals surface area contributed by atoms with Crippen molar-refractivity contribution in [2.24, 2.45) is 11.8 Å². The van der Waals surface area contributed by atoms with Gasteiger partial charge >= 0.3 is 6.18 Å². The van der Waals surface area contributed by atoms with Gasteiger partial charge in [-0.3, -0.25) is 9.59 Å². The molecule has 0 radical (unpaired) electrons. The average Bonchev–Trinajstić information content (AvgIpc) is 2.91. The molecule has 9 heteroatoms. The first kappa shape index (κ1) is 19.0. The number of amides is 1. The molecule has 0 aliphatic heterocycles. The highest BCUT2D eigenvalue weighted by molar-refractivity contribution is 6.31. The van der Waals surface area contributed by atoms with Gasteiger partial charge in [0.15, 0.2) is 0 Å². The van der Waals surface area contributed by atoms with Crippen molar-refractivity contribution in [2.45, 2.75) is 31.4 Å². The summed E-state index contributed by atoms with van der Waals surface area (Å²) in [5.41, 5.74) is -0.226. The first-order chi connectivity index (χ1) is 13.1. The predicted molar refractivity (Wildman–Crippen MR) is 94.8 cm³/mol. The lowest BCUT2D eigenvalue weighted by molar-refractivity contribution is -0.137. The summed E-state index contributed by atoms with van der Waals surface area (Å²) in [6.45, 7) is 0. The normalized spacial score (nSPS) is 23.4. The standard InChI is InChI=1S/C19H15ClF4N2O2/c20-13-6-14(21)15(5-12(13)19(22,23)24)26-18(28)17-8-1-2-10(17)11-7-25-16(27)4-9(11)3-8/h4-8,10,17H,1-3H2,(H,25,27)(H,26,28). The molecule has 1 fully saturated rings. The summed E-state index contributed by atoms with van der Waals surface area (Å²) in [4.78, 5) is 27.0. The number of anilines is 1. The number of pyridine rings is 1. The van der Waals surface area contributed by atoms with E-state index in [1.807, 2.05) is 0 Å². The lowest BCUT2D eigenvalue weighted by Crippen LogP contribution is -2.34. The number of aromatic amines is 1. The number of fused-ring (bicyclic) bond motifs is 4. The zero-order valence-electron chi connectivity index (χ0n) is 14.4. The van der Waals surface area contributed by atoms with Crippen LogP contribution in [0.15, 0.2) is 29.2 Å². The van der Waals surface area contributed by atoms with Crippen molar-refractivity contribution in [3.63, 3.8) is 0 Å². The third-order valence-electron chi connectivity index (χ3n) is 5.64. The Morgan fingerprint density at radius 1 is 1.21 bits per heavy atom. The summed E-state index contributed by atoms with van der Waals surface area (Å²) in [5.74, 6) is -2.26. The van der Waals surface area contributed by atoms with E-state index in [2.05, 4.69) is 10.3 Å². The van der Waals surface area contributed by atoms with Crippen molar-refractivity contribution in [3.05, 3.63) is 62.3 Å². The number of H-pyrrole nitrogens is 1. The number of halogens is 5. The molecule has 2 aliphatic rings. The molecule has 4 rings (SSSR count). The second kappa shape index (κ2) is 6.62. The van der Waals surface area contributed by atoms with E-state index in [9.17, 15) is 27.2 Å². The van der Waals surface area contributed by atoms with Crippen LogP contribution >= 0.6 is 11.6 Å². The number of alkyl halides is 3. The van der Waals surface area contributed by atoms with Crippen LogP contribution in [0, 0.1) is 17.7 Å². The molecule has 0 spiro atoms. The van der Waals surface area contributed by atoms with E-state index in [1.165, 1.54) is 6.07 Å². The van der Waals surface area contributed by atoms with Gasteiger partial charge in [-0.05, 0) is 54.4 Å². The maximum atomic E-state index is 14.1. The molecular weight excluding hydrogens is 400 g/mol. The van der Waals surface area contributed by atoms with Gasteiger partial charge in [-0.1, -0.05) is 11.6 Å². The molecule has 1 aromatic carbocycles. The van der Waals surface area contributed by atoms with Crippen molar-refractivity contribution in [2.75, 3.05) is 5.32 Å². The van der Waals surface area contributed by atoms with Gasteiger partial charge in [-0.2, -0.15) is 13.2 Å². The van der Waals surface area contributed by atoms with E-state index in [-0.39, 0.29) is 17.4 Å². The van der Waals surface area contributed by atoms with E-state index >= 15 is 0 Å². The number of hydrogen-bond donors (Lipinski definition) is 2. The van der Waals surface area contributed by atoms with Crippen molar-refractivity contribution < 1.29 is 22.4 Å². The Kier molecular flexibility index (Phi) is 4.49. The van der Waals surface area contributed by atoms with Crippen LogP contribution in [0.25, 0.3) is 0 Å². The minimum atomic E-state index is -4.76. The fourth-order valence-corrected chi connectivity index (χ4v) is 4.72. The first-order valence-electron chi connectivity index (χ1n) is 8.73. The number of hydrogen-bond acceptors (Lipinski definition) is 2. The molecule has 2 aromatic rings. The third kappa shape index (κ3) is 3.19. The van der Waals surface area contributed by atoms with Crippen LogP contribution in [0.1, 0.15) is 35.4 Å². The molecule has 1 heterocycles. The summed E-state index contributed by atoms with van der Waals surface area (Å²) < 4.78 is 53.2. The Morgan fingerprint density at radius 3 is 2.68 bits per heavy atom. The molecule has 2 bridgehead atoms. The summed E-state index contributed by atoms with van der Waals surface area (Å²) >= 11 is 5.49. The number of carbonyl (C=O) groups is 1. The number of aromatic nitrogens is 1. The molecule has 3 unspecified atom stereocenters. The van der Waals surface area contributed by atoms with Gasteiger partial charge in [0.1, 0.15) is 5.82 Å². The predicted octanol–water partition coefficient (Wildman–Crippen LogP) is 4.49. The van der Waals surface area contributed by atoms with E-state index in [0.29, 0.717) is 18.6 Å². The fourth-order valence-electron chi connectivity index (χ4n) is 4.46. The smallest absolute Gasteiger partial charge is 0.329 e. The molecular formula is C19H15ClF4N2O2. The van der Waals surface area contributed by atoms with Crippen LogP contribution < -0.4 is 10.9 Å². The zero-order chi connectivity index (χ0) is 20.2. The number of benzene rings is 1. The second-order valence-electron chi connectivity index (χ2n) is 7.25. The van der Waals surface area contributed by atoms with Crippen LogP contribution in [-0.4, -0.2) is 10.9 Å². The van der Waals surface area contributed by atoms with E-state index in [1.54, 1.807) is 6.20 Å². The molecule has 0 saturated heterocycles. The summed E-state index contributed by atoms with van der Waals surface area (Å²) in [6.07, 6.45) is -1.17. The molecule has 3 atom stereocenters. The van der Waals surface area contributed by atoms with Crippen LogP contribution in [0.4, 0.5) is 23.2 Å². The maximum absolute atomic E-state index is 14.1. The van der Waals surface area contributed by atoms with Gasteiger partial charge in [-0.15, -0.1) is 0 Å². The first-order valence-corrected chi connectivity index (χ1v) is 9.11. The number of carbonyl (C=O) groups excluding carboxylic acids is 1. The van der Waals surface area contributed by atoms with E-state index < -0.39 is 40.1 Å². The van der Waals surface area contributed by atoms with Crippen LogP contribution in [0.3, 0.4) is 0 Å². The highest BCUT2D eigenvalue weighted by Crippen LogP contribution is 2.50. The second-order valence-corrected chi connectivity index (χ2v) is 7.66. The SMILES string of the molecule is O=C(Nc1cc(C(F)(F)F)c(Cl)cc1F)C1C2CCC1c1c[nH]c(=O)cc1C2. The number of rotatable bonds is 2. The van der Waals surface area contributed by atoms with Crippen molar-refractivity contribution in [1.29, 1.82) is 0 Å². The quantitative estimate of drug-likeness (QED) is 0.711. The minimum Gasteiger partial charge on any atom is -0.329 e. The molecule has 28 heavy (non-hydrogen) atoms. The zero-order valence-corrected chi connectivity index (χ0v) is 15.1. The monoisotopic (exact) mass is 414 g/mol. The van der Waals surface area contributed by atoms with Crippen molar-refractivity contribution >= 4 is 23.2 Å². The van der Waals surface area contributed by atoms with Gasteiger partial charge in [-0.25, -0.2) is 4.39 Å². The summed E-state index contributed by atoms with van der Waals surface area (Å²) in [7, 11) is 0. The minimum absolute atomic E-state index is 0.0447. The van der Waals surface area contributed by atoms with Crippen LogP contribution in [0.5, 0.6) is 0 Å². The molecule has 1 amide bonds. The van der Waals surface area contributed by atoms with Gasteiger partial charge in [0.2, 0.25) is 11.5 Å². The fraction of sp³-hybridized carbons (Fsp3) is 0.368. The maximum Gasteiger partial charge on any atom is 0.417 e. The highest BCUT2D eigenvalue weighted by Gasteiger charge is 2.46. The van der Waals surface area contributed by atoms with Gasteiger partial charge in [0.25, 0.3) is 0 Å². The van der Waals surface area contributed by atoms with Crippen LogP contribution in [0.2, 0.25) is 5.02 Å². The van der Waals surface area contributed by atoms with E-state index in [0.717, 1.165) is 24.0 Å². The average molecular weight is 415 g/mol. The Balaban J connectivity index is 1.63. The molecule has 2 aliphatic carbocycles. The van der Waals surface area contributed by atoms with Gasteiger partial charge in [0, 0.05) is 18.2 Å². The third-order valence-corrected chi connectivity index (χ3v) is 5.95. The topological polar surface area (TPSA) is 62.0 Å². The largest absolute Gasteiger partial charge is 0.417 e. The summed E-state index contributed by atoms with van der Waals surface area (Å²) in [6, 6.07) is 2.59. The van der Waals surface area contributed by atoms with Crippen LogP contribution in [-0.2, 0) is 17.4 Å². The van der Waals surface area contributed by atoms with E-state index in [4.69, 9.17) is 11.6 Å². The Labute approximate surface area is 161 Å². The van der Waals surface area contributed by atoms with Crippen molar-refractivity contribution in [3.8, 4) is 0 Å². The molecule has 1 aromatic heterocycles.